The number of ether oxygens (including phenoxy) is 1. The molecule has 0 aromatic carbocycles. The average Bonchev–Trinajstić information content (AvgIpc) is 2.93. The van der Waals surface area contributed by atoms with Gasteiger partial charge in [0.1, 0.15) is 10.6 Å². The molecular formula is C18H22F3N5O3S. The van der Waals surface area contributed by atoms with Gasteiger partial charge in [-0.05, 0) is 19.1 Å². The monoisotopic (exact) mass is 445 g/mol. The highest BCUT2D eigenvalue weighted by Gasteiger charge is 2.55. The van der Waals surface area contributed by atoms with E-state index in [0.717, 1.165) is 24.7 Å². The fourth-order valence-corrected chi connectivity index (χ4v) is 6.11. The first kappa shape index (κ1) is 21.1. The summed E-state index contributed by atoms with van der Waals surface area (Å²) in [6, 6.07) is 1.70. The third kappa shape index (κ3) is 3.46. The van der Waals surface area contributed by atoms with E-state index in [1.54, 1.807) is 25.0 Å². The molecule has 164 valence electrons. The molecule has 0 amide bonds. The minimum atomic E-state index is -4.61. The number of nitrogens with zero attached hydrogens (tertiary/aromatic N) is 5. The molecule has 4 rings (SSSR count). The number of aromatic nitrogens is 3. The van der Waals surface area contributed by atoms with Crippen LogP contribution in [0.5, 0.6) is 5.88 Å². The molecule has 2 saturated heterocycles. The van der Waals surface area contributed by atoms with Gasteiger partial charge in [0.25, 0.3) is 0 Å². The summed E-state index contributed by atoms with van der Waals surface area (Å²) in [6.45, 7) is 4.10. The number of pyridine rings is 1. The maximum absolute atomic E-state index is 12.8. The molecule has 0 radical (unpaired) electrons. The van der Waals surface area contributed by atoms with Crippen molar-refractivity contribution in [3.63, 3.8) is 0 Å². The Morgan fingerprint density at radius 2 is 1.87 bits per heavy atom. The molecule has 2 aliphatic rings. The fraction of sp³-hybridized carbons (Fsp3) is 0.556. The standard InChI is InChI=1S/C18H22F3N5O3S/c1-12-14(4-5-15(23-12)18(19,20)21)30(27,28)26-10-17(11-26)8-25(9-17)7-13-6-22-24(2)16(13)29-3/h4-6H,7-11H2,1-3H3. The molecule has 0 aliphatic carbocycles. The largest absolute Gasteiger partial charge is 0.481 e. The molecule has 8 nitrogen and oxygen atoms in total. The average molecular weight is 445 g/mol. The van der Waals surface area contributed by atoms with Crippen LogP contribution in [-0.4, -0.2) is 65.7 Å². The van der Waals surface area contributed by atoms with E-state index in [4.69, 9.17) is 4.74 Å². The summed E-state index contributed by atoms with van der Waals surface area (Å²) in [6.07, 6.45) is -2.86. The lowest BCUT2D eigenvalue weighted by molar-refractivity contribution is -0.141. The molecule has 2 aliphatic heterocycles. The molecule has 0 unspecified atom stereocenters. The van der Waals surface area contributed by atoms with E-state index >= 15 is 0 Å². The lowest BCUT2D eigenvalue weighted by atomic mass is 9.74. The van der Waals surface area contributed by atoms with Crippen LogP contribution in [0.4, 0.5) is 13.2 Å². The smallest absolute Gasteiger partial charge is 0.433 e. The molecular weight excluding hydrogens is 423 g/mol. The van der Waals surface area contributed by atoms with Crippen molar-refractivity contribution in [1.82, 2.24) is 24.0 Å². The highest BCUT2D eigenvalue weighted by molar-refractivity contribution is 7.89. The highest BCUT2D eigenvalue weighted by Crippen LogP contribution is 2.43. The first-order valence-corrected chi connectivity index (χ1v) is 10.7. The van der Waals surface area contributed by atoms with Crippen LogP contribution >= 0.6 is 0 Å². The Bertz CT molecular complexity index is 1070. The van der Waals surface area contributed by atoms with Gasteiger partial charge in [0.05, 0.1) is 19.0 Å². The predicted octanol–water partition coefficient (Wildman–Crippen LogP) is 1.66. The van der Waals surface area contributed by atoms with Crippen molar-refractivity contribution in [1.29, 1.82) is 0 Å². The van der Waals surface area contributed by atoms with Gasteiger partial charge in [-0.15, -0.1) is 0 Å². The molecule has 2 fully saturated rings. The summed E-state index contributed by atoms with van der Waals surface area (Å²) in [5, 5.41) is 4.18. The van der Waals surface area contributed by atoms with Crippen molar-refractivity contribution in [3.8, 4) is 5.88 Å². The molecule has 30 heavy (non-hydrogen) atoms. The minimum absolute atomic E-state index is 0.115. The maximum Gasteiger partial charge on any atom is 0.433 e. The van der Waals surface area contributed by atoms with Gasteiger partial charge >= 0.3 is 6.18 Å². The molecule has 0 atom stereocenters. The van der Waals surface area contributed by atoms with Crippen LogP contribution in [0.3, 0.4) is 0 Å². The Hall–Kier alpha value is -2.18. The number of alkyl halides is 3. The Balaban J connectivity index is 1.39. The van der Waals surface area contributed by atoms with Gasteiger partial charge in [-0.25, -0.2) is 18.1 Å². The molecule has 4 heterocycles. The summed E-state index contributed by atoms with van der Waals surface area (Å²) < 4.78 is 72.4. The molecule has 0 saturated carbocycles. The zero-order valence-corrected chi connectivity index (χ0v) is 17.6. The Labute approximate surface area is 172 Å². The van der Waals surface area contributed by atoms with E-state index in [9.17, 15) is 21.6 Å². The second-order valence-electron chi connectivity index (χ2n) is 8.00. The van der Waals surface area contributed by atoms with Crippen LogP contribution in [0.15, 0.2) is 23.2 Å². The SMILES string of the molecule is COc1c(CN2CC3(C2)CN(S(=O)(=O)c2ccc(C(F)(F)F)nc2C)C3)cnn1C. The summed E-state index contributed by atoms with van der Waals surface area (Å²) in [5.74, 6) is 0.694. The third-order valence-corrected chi connectivity index (χ3v) is 7.56. The van der Waals surface area contributed by atoms with E-state index < -0.39 is 21.9 Å². The summed E-state index contributed by atoms with van der Waals surface area (Å²) >= 11 is 0. The van der Waals surface area contributed by atoms with Crippen molar-refractivity contribution in [2.24, 2.45) is 12.5 Å². The molecule has 2 aromatic heterocycles. The lowest BCUT2D eigenvalue weighted by Gasteiger charge is -2.59. The Morgan fingerprint density at radius 3 is 2.43 bits per heavy atom. The second-order valence-corrected chi connectivity index (χ2v) is 9.91. The normalized spacial score (nSPS) is 19.5. The van der Waals surface area contributed by atoms with Crippen LogP contribution in [0.2, 0.25) is 0 Å². The number of rotatable bonds is 5. The van der Waals surface area contributed by atoms with Gasteiger partial charge in [-0.2, -0.15) is 22.6 Å². The zero-order valence-electron chi connectivity index (χ0n) is 16.8. The molecule has 0 bridgehead atoms. The van der Waals surface area contributed by atoms with E-state index in [-0.39, 0.29) is 16.0 Å². The van der Waals surface area contributed by atoms with Gasteiger partial charge in [0, 0.05) is 50.7 Å². The van der Waals surface area contributed by atoms with Crippen molar-refractivity contribution < 1.29 is 26.3 Å². The minimum Gasteiger partial charge on any atom is -0.481 e. The number of sulfonamides is 1. The second kappa shape index (κ2) is 6.92. The zero-order chi connectivity index (χ0) is 21.9. The summed E-state index contributed by atoms with van der Waals surface area (Å²) in [5.41, 5.74) is -0.398. The summed E-state index contributed by atoms with van der Waals surface area (Å²) in [4.78, 5) is 5.45. The van der Waals surface area contributed by atoms with Crippen molar-refractivity contribution in [2.45, 2.75) is 24.5 Å². The van der Waals surface area contributed by atoms with E-state index in [2.05, 4.69) is 15.0 Å². The molecule has 0 N–H and O–H groups in total. The quantitative estimate of drug-likeness (QED) is 0.697. The van der Waals surface area contributed by atoms with E-state index in [1.165, 1.54) is 11.2 Å². The van der Waals surface area contributed by atoms with Crippen LogP contribution in [0.25, 0.3) is 0 Å². The predicted molar refractivity (Wildman–Crippen MR) is 100 cm³/mol. The van der Waals surface area contributed by atoms with Gasteiger partial charge in [0.15, 0.2) is 0 Å². The first-order chi connectivity index (χ1) is 13.9. The highest BCUT2D eigenvalue weighted by atomic mass is 32.2. The number of methoxy groups -OCH3 is 1. The van der Waals surface area contributed by atoms with Gasteiger partial charge in [-0.3, -0.25) is 4.90 Å². The number of aryl methyl sites for hydroxylation is 2. The summed E-state index contributed by atoms with van der Waals surface area (Å²) in [7, 11) is -0.488. The van der Waals surface area contributed by atoms with Crippen LogP contribution in [-0.2, 0) is 29.8 Å². The number of likely N-dealkylation sites (tertiary alicyclic amines) is 1. The third-order valence-electron chi connectivity index (χ3n) is 5.63. The Kier molecular flexibility index (Phi) is 4.86. The van der Waals surface area contributed by atoms with E-state index in [1.807, 2.05) is 0 Å². The van der Waals surface area contributed by atoms with Crippen molar-refractivity contribution in [2.75, 3.05) is 33.3 Å². The van der Waals surface area contributed by atoms with Gasteiger partial charge < -0.3 is 4.74 Å². The van der Waals surface area contributed by atoms with Crippen LogP contribution < -0.4 is 4.74 Å². The van der Waals surface area contributed by atoms with Crippen LogP contribution in [0, 0.1) is 12.3 Å². The fourth-order valence-electron chi connectivity index (χ4n) is 4.29. The van der Waals surface area contributed by atoms with Gasteiger partial charge in [0.2, 0.25) is 15.9 Å². The van der Waals surface area contributed by atoms with E-state index in [0.29, 0.717) is 31.6 Å². The maximum atomic E-state index is 12.8. The number of hydrogen-bond donors (Lipinski definition) is 0. The van der Waals surface area contributed by atoms with Crippen LogP contribution in [0.1, 0.15) is 17.0 Å². The first-order valence-electron chi connectivity index (χ1n) is 9.27. The number of halogens is 3. The molecule has 1 spiro atoms. The molecule has 12 heteroatoms. The van der Waals surface area contributed by atoms with Crippen molar-refractivity contribution >= 4 is 10.0 Å². The Morgan fingerprint density at radius 1 is 1.20 bits per heavy atom. The topological polar surface area (TPSA) is 80.6 Å². The van der Waals surface area contributed by atoms with Gasteiger partial charge in [-0.1, -0.05) is 0 Å². The number of hydrogen-bond acceptors (Lipinski definition) is 6. The molecule has 2 aromatic rings. The lowest BCUT2D eigenvalue weighted by Crippen LogP contribution is -2.72. The van der Waals surface area contributed by atoms with Crippen molar-refractivity contribution in [3.05, 3.63) is 35.3 Å².